The van der Waals surface area contributed by atoms with Crippen LogP contribution in [0.1, 0.15) is 18.4 Å². The number of hydrogen-bond donors (Lipinski definition) is 1. The van der Waals surface area contributed by atoms with E-state index in [0.717, 1.165) is 17.3 Å². The van der Waals surface area contributed by atoms with Gasteiger partial charge in [0.2, 0.25) is 11.8 Å². The van der Waals surface area contributed by atoms with Crippen LogP contribution in [0.15, 0.2) is 30.3 Å². The highest BCUT2D eigenvalue weighted by Crippen LogP contribution is 2.19. The molecule has 0 spiro atoms. The highest BCUT2D eigenvalue weighted by Gasteiger charge is 2.28. The zero-order valence-corrected chi connectivity index (χ0v) is 12.3. The van der Waals surface area contributed by atoms with Gasteiger partial charge in [-0.3, -0.25) is 19.3 Å². The molecular formula is C15H17NO4S. The summed E-state index contributed by atoms with van der Waals surface area (Å²) in [7, 11) is 0. The van der Waals surface area contributed by atoms with Crippen LogP contribution in [-0.2, 0) is 20.8 Å². The average molecular weight is 307 g/mol. The Morgan fingerprint density at radius 3 is 2.57 bits per heavy atom. The molecule has 1 saturated heterocycles. The maximum atomic E-state index is 11.9. The van der Waals surface area contributed by atoms with Gasteiger partial charge in [-0.25, -0.2) is 0 Å². The number of thioether (sulfide) groups is 1. The Labute approximate surface area is 127 Å². The number of likely N-dealkylation sites (tertiary alicyclic amines) is 1. The number of carboxylic acids is 1. The fourth-order valence-electron chi connectivity index (χ4n) is 2.21. The van der Waals surface area contributed by atoms with Crippen LogP contribution in [0.25, 0.3) is 0 Å². The molecule has 1 aliphatic rings. The van der Waals surface area contributed by atoms with E-state index in [1.807, 2.05) is 30.3 Å². The number of rotatable bonds is 6. The van der Waals surface area contributed by atoms with Crippen LogP contribution in [0.5, 0.6) is 0 Å². The normalized spacial score (nSPS) is 16.0. The number of nitrogens with zero attached hydrogens (tertiary/aromatic N) is 1. The predicted molar refractivity (Wildman–Crippen MR) is 80.0 cm³/mol. The molecule has 112 valence electrons. The molecule has 1 aromatic carbocycles. The first-order valence-electron chi connectivity index (χ1n) is 6.79. The zero-order chi connectivity index (χ0) is 15.2. The third-order valence-electron chi connectivity index (χ3n) is 3.32. The SMILES string of the molecule is O=C(O)C(Cc1ccccc1)SCC(=O)N1CCCC1=O. The summed E-state index contributed by atoms with van der Waals surface area (Å²) in [6.07, 6.45) is 1.46. The van der Waals surface area contributed by atoms with E-state index in [1.165, 1.54) is 4.90 Å². The van der Waals surface area contributed by atoms with E-state index in [2.05, 4.69) is 0 Å². The summed E-state index contributed by atoms with van der Waals surface area (Å²) in [6, 6.07) is 9.31. The Bertz CT molecular complexity index is 532. The molecule has 1 aliphatic heterocycles. The van der Waals surface area contributed by atoms with Crippen molar-refractivity contribution in [3.63, 3.8) is 0 Å². The minimum Gasteiger partial charge on any atom is -0.480 e. The fourth-order valence-corrected chi connectivity index (χ4v) is 3.16. The highest BCUT2D eigenvalue weighted by molar-refractivity contribution is 8.01. The first kappa shape index (κ1) is 15.6. The zero-order valence-electron chi connectivity index (χ0n) is 11.5. The number of amides is 2. The Morgan fingerprint density at radius 2 is 2.00 bits per heavy atom. The molecular weight excluding hydrogens is 290 g/mol. The summed E-state index contributed by atoms with van der Waals surface area (Å²) in [6.45, 7) is 0.453. The van der Waals surface area contributed by atoms with Gasteiger partial charge in [-0.15, -0.1) is 11.8 Å². The molecule has 1 heterocycles. The molecule has 0 aromatic heterocycles. The Kier molecular flexibility index (Phi) is 5.38. The minimum absolute atomic E-state index is 0.0234. The van der Waals surface area contributed by atoms with Gasteiger partial charge in [0.1, 0.15) is 5.25 Å². The topological polar surface area (TPSA) is 74.7 Å². The second-order valence-corrected chi connectivity index (χ2v) is 6.06. The summed E-state index contributed by atoms with van der Waals surface area (Å²) in [4.78, 5) is 35.9. The number of benzene rings is 1. The lowest BCUT2D eigenvalue weighted by molar-refractivity contribution is -0.140. The van der Waals surface area contributed by atoms with E-state index in [1.54, 1.807) is 0 Å². The van der Waals surface area contributed by atoms with Crippen molar-refractivity contribution in [3.05, 3.63) is 35.9 Å². The predicted octanol–water partition coefficient (Wildman–Crippen LogP) is 1.56. The second kappa shape index (κ2) is 7.26. The van der Waals surface area contributed by atoms with Crippen molar-refractivity contribution in [1.29, 1.82) is 0 Å². The van der Waals surface area contributed by atoms with Crippen LogP contribution < -0.4 is 0 Å². The molecule has 0 saturated carbocycles. The molecule has 2 rings (SSSR count). The van der Waals surface area contributed by atoms with E-state index in [4.69, 9.17) is 0 Å². The van der Waals surface area contributed by atoms with Crippen molar-refractivity contribution in [3.8, 4) is 0 Å². The quantitative estimate of drug-likeness (QED) is 0.863. The lowest BCUT2D eigenvalue weighted by atomic mass is 10.1. The first-order chi connectivity index (χ1) is 10.1. The van der Waals surface area contributed by atoms with Crippen LogP contribution >= 0.6 is 11.8 Å². The van der Waals surface area contributed by atoms with Gasteiger partial charge in [0.05, 0.1) is 5.75 Å². The fraction of sp³-hybridized carbons (Fsp3) is 0.400. The highest BCUT2D eigenvalue weighted by atomic mass is 32.2. The number of hydrogen-bond acceptors (Lipinski definition) is 4. The minimum atomic E-state index is -0.940. The summed E-state index contributed by atoms with van der Waals surface area (Å²) < 4.78 is 0. The van der Waals surface area contributed by atoms with E-state index < -0.39 is 11.2 Å². The number of imide groups is 1. The van der Waals surface area contributed by atoms with Gasteiger partial charge in [-0.2, -0.15) is 0 Å². The number of carbonyl (C=O) groups excluding carboxylic acids is 2. The third-order valence-corrected chi connectivity index (χ3v) is 4.51. The lowest BCUT2D eigenvalue weighted by Gasteiger charge is -2.16. The summed E-state index contributed by atoms with van der Waals surface area (Å²) >= 11 is 1.08. The van der Waals surface area contributed by atoms with Crippen LogP contribution in [0.4, 0.5) is 0 Å². The van der Waals surface area contributed by atoms with Gasteiger partial charge in [-0.05, 0) is 18.4 Å². The van der Waals surface area contributed by atoms with Crippen LogP contribution in [0.2, 0.25) is 0 Å². The molecule has 0 aliphatic carbocycles. The largest absolute Gasteiger partial charge is 0.480 e. The van der Waals surface area contributed by atoms with E-state index in [9.17, 15) is 19.5 Å². The molecule has 1 aromatic rings. The van der Waals surface area contributed by atoms with Gasteiger partial charge in [0, 0.05) is 13.0 Å². The summed E-state index contributed by atoms with van der Waals surface area (Å²) in [5, 5.41) is 8.57. The summed E-state index contributed by atoms with van der Waals surface area (Å²) in [5.74, 6) is -1.36. The van der Waals surface area contributed by atoms with E-state index in [0.29, 0.717) is 25.8 Å². The van der Waals surface area contributed by atoms with Gasteiger partial charge in [0.15, 0.2) is 0 Å². The maximum Gasteiger partial charge on any atom is 0.316 e. The van der Waals surface area contributed by atoms with Crippen LogP contribution in [0, 0.1) is 0 Å². The van der Waals surface area contributed by atoms with Crippen molar-refractivity contribution in [2.24, 2.45) is 0 Å². The van der Waals surface area contributed by atoms with E-state index in [-0.39, 0.29) is 17.6 Å². The van der Waals surface area contributed by atoms with Crippen molar-refractivity contribution >= 4 is 29.5 Å². The molecule has 6 heteroatoms. The van der Waals surface area contributed by atoms with Crippen molar-refractivity contribution in [1.82, 2.24) is 4.90 Å². The van der Waals surface area contributed by atoms with Gasteiger partial charge in [-0.1, -0.05) is 30.3 Å². The maximum absolute atomic E-state index is 11.9. The van der Waals surface area contributed by atoms with Crippen molar-refractivity contribution < 1.29 is 19.5 Å². The van der Waals surface area contributed by atoms with Crippen LogP contribution in [-0.4, -0.2) is 45.3 Å². The molecule has 2 amide bonds. The molecule has 1 fully saturated rings. The van der Waals surface area contributed by atoms with Gasteiger partial charge < -0.3 is 5.11 Å². The van der Waals surface area contributed by atoms with Gasteiger partial charge in [0.25, 0.3) is 0 Å². The Hall–Kier alpha value is -1.82. The van der Waals surface area contributed by atoms with Crippen molar-refractivity contribution in [2.45, 2.75) is 24.5 Å². The average Bonchev–Trinajstić information content (AvgIpc) is 2.90. The number of carboxylic acid groups (broad SMARTS) is 1. The smallest absolute Gasteiger partial charge is 0.316 e. The van der Waals surface area contributed by atoms with Crippen molar-refractivity contribution in [2.75, 3.05) is 12.3 Å². The van der Waals surface area contributed by atoms with E-state index >= 15 is 0 Å². The first-order valence-corrected chi connectivity index (χ1v) is 7.84. The molecule has 0 bridgehead atoms. The number of carbonyl (C=O) groups is 3. The number of aliphatic carboxylic acids is 1. The standard InChI is InChI=1S/C15H17NO4S/c17-13-7-4-8-16(13)14(18)10-21-12(15(19)20)9-11-5-2-1-3-6-11/h1-3,5-6,12H,4,7-10H2,(H,19,20). The molecule has 21 heavy (non-hydrogen) atoms. The second-order valence-electron chi connectivity index (χ2n) is 4.87. The Morgan fingerprint density at radius 1 is 1.29 bits per heavy atom. The molecule has 1 N–H and O–H groups in total. The van der Waals surface area contributed by atoms with Gasteiger partial charge >= 0.3 is 5.97 Å². The molecule has 0 radical (unpaired) electrons. The summed E-state index contributed by atoms with van der Waals surface area (Å²) in [5.41, 5.74) is 0.919. The molecule has 1 unspecified atom stereocenters. The monoisotopic (exact) mass is 307 g/mol. The Balaban J connectivity index is 1.90. The van der Waals surface area contributed by atoms with Crippen LogP contribution in [0.3, 0.4) is 0 Å². The molecule has 5 nitrogen and oxygen atoms in total. The third kappa shape index (κ3) is 4.32. The molecule has 1 atom stereocenters. The lowest BCUT2D eigenvalue weighted by Crippen LogP contribution is -2.34.